The van der Waals surface area contributed by atoms with Crippen molar-refractivity contribution in [1.29, 1.82) is 0 Å². The largest absolute Gasteiger partial charge is 0.338 e. The highest BCUT2D eigenvalue weighted by atomic mass is 16.2. The van der Waals surface area contributed by atoms with Crippen molar-refractivity contribution in [3.05, 3.63) is 78.4 Å². The van der Waals surface area contributed by atoms with Gasteiger partial charge in [-0.05, 0) is 18.4 Å². The summed E-state index contributed by atoms with van der Waals surface area (Å²) in [6.45, 7) is 2.23. The second kappa shape index (κ2) is 10.4. The molecule has 7 heteroatoms. The molecule has 7 nitrogen and oxygen atoms in total. The van der Waals surface area contributed by atoms with Crippen molar-refractivity contribution in [3.63, 3.8) is 0 Å². The Labute approximate surface area is 181 Å². The highest BCUT2D eigenvalue weighted by molar-refractivity contribution is 6.02. The summed E-state index contributed by atoms with van der Waals surface area (Å²) in [7, 11) is 1.76. The minimum Gasteiger partial charge on any atom is -0.338 e. The number of fused-ring (bicyclic) bond motifs is 1. The molecule has 0 aliphatic heterocycles. The Hall–Kier alpha value is -3.71. The summed E-state index contributed by atoms with van der Waals surface area (Å²) >= 11 is 0. The van der Waals surface area contributed by atoms with Gasteiger partial charge in [-0.2, -0.15) is 0 Å². The van der Waals surface area contributed by atoms with Crippen molar-refractivity contribution < 1.29 is 19.3 Å². The van der Waals surface area contributed by atoms with Crippen molar-refractivity contribution in [2.45, 2.75) is 13.0 Å². The van der Waals surface area contributed by atoms with Crippen molar-refractivity contribution in [2.75, 3.05) is 25.5 Å². The molecule has 160 valence electrons. The number of nitrogens with one attached hydrogen (secondary N) is 4. The Morgan fingerprint density at radius 3 is 2.32 bits per heavy atom. The minimum atomic E-state index is -0.720. The molecule has 0 heterocycles. The standard InChI is InChI=1S/C24H26N4O3/c1-3-25-24(31)27-23(30)22(18-11-5-4-6-12-18)28(2)16-21(29)26-20-15-9-13-17-10-7-8-14-19(17)20/h4-15,22H,3,16H2,1-2H3,(H,26,29)(H2,25,27,30,31)/p+1/t22-/m0/s1. The van der Waals surface area contributed by atoms with Gasteiger partial charge >= 0.3 is 6.03 Å². The first-order valence-corrected chi connectivity index (χ1v) is 10.2. The van der Waals surface area contributed by atoms with Gasteiger partial charge in [0.1, 0.15) is 0 Å². The van der Waals surface area contributed by atoms with E-state index in [9.17, 15) is 14.4 Å². The van der Waals surface area contributed by atoms with Crippen LogP contribution in [0.1, 0.15) is 18.5 Å². The van der Waals surface area contributed by atoms with E-state index in [2.05, 4.69) is 16.0 Å². The first-order chi connectivity index (χ1) is 15.0. The quantitative estimate of drug-likeness (QED) is 0.471. The number of likely N-dealkylation sites (N-methyl/N-ethyl adjacent to an activating group) is 1. The van der Waals surface area contributed by atoms with Crippen molar-refractivity contribution in [1.82, 2.24) is 10.6 Å². The van der Waals surface area contributed by atoms with Gasteiger partial charge in [-0.3, -0.25) is 14.9 Å². The molecule has 0 aliphatic carbocycles. The lowest BCUT2D eigenvalue weighted by Crippen LogP contribution is -3.11. The van der Waals surface area contributed by atoms with Gasteiger partial charge in [0, 0.05) is 23.2 Å². The molecule has 0 saturated heterocycles. The van der Waals surface area contributed by atoms with Gasteiger partial charge in [0.15, 0.2) is 12.6 Å². The van der Waals surface area contributed by atoms with Crippen LogP contribution < -0.4 is 20.9 Å². The van der Waals surface area contributed by atoms with Gasteiger partial charge in [-0.1, -0.05) is 66.7 Å². The zero-order valence-corrected chi connectivity index (χ0v) is 17.6. The molecule has 4 N–H and O–H groups in total. The Morgan fingerprint density at radius 1 is 0.903 bits per heavy atom. The SMILES string of the molecule is CCNC(=O)NC(=O)[C@H](c1ccccc1)[NH+](C)CC(=O)Nc1cccc2ccccc12. The first kappa shape index (κ1) is 22.0. The second-order valence-electron chi connectivity index (χ2n) is 7.29. The van der Waals surface area contributed by atoms with Crippen molar-refractivity contribution in [2.24, 2.45) is 0 Å². The predicted octanol–water partition coefficient (Wildman–Crippen LogP) is 1.88. The third-order valence-corrected chi connectivity index (χ3v) is 4.97. The predicted molar refractivity (Wildman–Crippen MR) is 121 cm³/mol. The van der Waals surface area contributed by atoms with Crippen LogP contribution in [-0.4, -0.2) is 38.0 Å². The molecule has 2 atom stereocenters. The lowest BCUT2D eigenvalue weighted by atomic mass is 10.0. The summed E-state index contributed by atoms with van der Waals surface area (Å²) in [6.07, 6.45) is 0. The molecule has 3 aromatic carbocycles. The molecule has 0 aliphatic rings. The number of hydrogen-bond donors (Lipinski definition) is 4. The number of benzene rings is 3. The van der Waals surface area contributed by atoms with Crippen LogP contribution in [-0.2, 0) is 9.59 Å². The van der Waals surface area contributed by atoms with E-state index < -0.39 is 18.0 Å². The number of urea groups is 1. The number of carbonyl (C=O) groups is 3. The fraction of sp³-hybridized carbons (Fsp3) is 0.208. The molecule has 3 rings (SSSR count). The number of carbonyl (C=O) groups excluding carboxylic acids is 3. The highest BCUT2D eigenvalue weighted by Crippen LogP contribution is 2.22. The van der Waals surface area contributed by atoms with Crippen LogP contribution in [0, 0.1) is 0 Å². The Balaban J connectivity index is 1.76. The Kier molecular flexibility index (Phi) is 7.35. The Morgan fingerprint density at radius 2 is 1.58 bits per heavy atom. The molecule has 1 unspecified atom stereocenters. The van der Waals surface area contributed by atoms with Gasteiger partial charge in [-0.15, -0.1) is 0 Å². The minimum absolute atomic E-state index is 0.0472. The van der Waals surface area contributed by atoms with E-state index in [1.165, 1.54) is 0 Å². The summed E-state index contributed by atoms with van der Waals surface area (Å²) in [5.74, 6) is -0.687. The average Bonchev–Trinajstić information content (AvgIpc) is 2.75. The van der Waals surface area contributed by atoms with Crippen LogP contribution in [0.2, 0.25) is 0 Å². The monoisotopic (exact) mass is 419 g/mol. The number of imide groups is 1. The normalized spacial score (nSPS) is 12.6. The van der Waals surface area contributed by atoms with Gasteiger partial charge in [-0.25, -0.2) is 4.79 Å². The van der Waals surface area contributed by atoms with Crippen molar-refractivity contribution in [3.8, 4) is 0 Å². The number of amides is 4. The summed E-state index contributed by atoms with van der Waals surface area (Å²) in [4.78, 5) is 38.2. The summed E-state index contributed by atoms with van der Waals surface area (Å²) in [6, 6.07) is 21.4. The molecule has 0 bridgehead atoms. The van der Waals surface area contributed by atoms with Gasteiger partial charge in [0.05, 0.1) is 7.05 Å². The number of anilines is 1. The van der Waals surface area contributed by atoms with E-state index >= 15 is 0 Å². The van der Waals surface area contributed by atoms with Crippen molar-refractivity contribution >= 4 is 34.3 Å². The van der Waals surface area contributed by atoms with E-state index in [1.54, 1.807) is 14.0 Å². The summed E-state index contributed by atoms with van der Waals surface area (Å²) in [5, 5.41) is 9.85. The van der Waals surface area contributed by atoms with Crippen LogP contribution >= 0.6 is 0 Å². The molecule has 0 radical (unpaired) electrons. The van der Waals surface area contributed by atoms with Crippen LogP contribution in [0.4, 0.5) is 10.5 Å². The Bertz CT molecular complexity index is 1060. The number of hydrogen-bond acceptors (Lipinski definition) is 3. The summed E-state index contributed by atoms with van der Waals surface area (Å²) in [5.41, 5.74) is 1.44. The highest BCUT2D eigenvalue weighted by Gasteiger charge is 2.31. The third kappa shape index (κ3) is 5.67. The zero-order valence-electron chi connectivity index (χ0n) is 17.6. The maximum Gasteiger partial charge on any atom is 0.321 e. The molecule has 4 amide bonds. The molecular formula is C24H27N4O3+. The molecule has 0 fully saturated rings. The smallest absolute Gasteiger partial charge is 0.321 e. The van der Waals surface area contributed by atoms with Gasteiger partial charge in [0.2, 0.25) is 0 Å². The maximum absolute atomic E-state index is 12.9. The van der Waals surface area contributed by atoms with Gasteiger partial charge < -0.3 is 15.5 Å². The third-order valence-electron chi connectivity index (χ3n) is 4.97. The second-order valence-corrected chi connectivity index (χ2v) is 7.29. The topological polar surface area (TPSA) is 91.7 Å². The fourth-order valence-corrected chi connectivity index (χ4v) is 3.58. The summed E-state index contributed by atoms with van der Waals surface area (Å²) < 4.78 is 0. The van der Waals surface area contributed by atoms with E-state index in [-0.39, 0.29) is 12.5 Å². The van der Waals surface area contributed by atoms with E-state index in [0.717, 1.165) is 22.0 Å². The van der Waals surface area contributed by atoms with Gasteiger partial charge in [0.25, 0.3) is 11.8 Å². The molecule has 0 spiro atoms. The molecule has 0 saturated carbocycles. The fourth-order valence-electron chi connectivity index (χ4n) is 3.58. The van der Waals surface area contributed by atoms with Crippen LogP contribution in [0.5, 0.6) is 0 Å². The van der Waals surface area contributed by atoms with E-state index in [4.69, 9.17) is 0 Å². The van der Waals surface area contributed by atoms with Crippen LogP contribution in [0.15, 0.2) is 72.8 Å². The lowest BCUT2D eigenvalue weighted by Gasteiger charge is -2.24. The first-order valence-electron chi connectivity index (χ1n) is 10.2. The molecule has 31 heavy (non-hydrogen) atoms. The van der Waals surface area contributed by atoms with E-state index in [0.29, 0.717) is 11.4 Å². The number of rotatable bonds is 7. The van der Waals surface area contributed by atoms with E-state index in [1.807, 2.05) is 72.8 Å². The zero-order chi connectivity index (χ0) is 22.2. The average molecular weight is 420 g/mol. The van der Waals surface area contributed by atoms with Crippen LogP contribution in [0.3, 0.4) is 0 Å². The van der Waals surface area contributed by atoms with Crippen LogP contribution in [0.25, 0.3) is 10.8 Å². The maximum atomic E-state index is 12.9. The number of quaternary nitrogens is 1. The molecular weight excluding hydrogens is 392 g/mol. The molecule has 0 aromatic heterocycles. The molecule has 3 aromatic rings. The lowest BCUT2D eigenvalue weighted by molar-refractivity contribution is -0.894.